The summed E-state index contributed by atoms with van der Waals surface area (Å²) in [6, 6.07) is 0.815. The first kappa shape index (κ1) is 20.2. The lowest BCUT2D eigenvalue weighted by Gasteiger charge is -2.40. The minimum absolute atomic E-state index is 0.211. The van der Waals surface area contributed by atoms with Gasteiger partial charge < -0.3 is 19.9 Å². The molecule has 2 atom stereocenters. The molecule has 27 heavy (non-hydrogen) atoms. The number of hydrogen-bond donors (Lipinski definition) is 1. The Balaban J connectivity index is 1.50. The van der Waals surface area contributed by atoms with Crippen molar-refractivity contribution in [1.29, 1.82) is 0 Å². The van der Waals surface area contributed by atoms with Gasteiger partial charge in [-0.15, -0.1) is 0 Å². The van der Waals surface area contributed by atoms with Crippen LogP contribution in [0.2, 0.25) is 0 Å². The van der Waals surface area contributed by atoms with E-state index in [1.807, 2.05) is 25.7 Å². The molecule has 0 bridgehead atoms. The maximum Gasteiger partial charge on any atom is 0.410 e. The second kappa shape index (κ2) is 8.25. The van der Waals surface area contributed by atoms with E-state index in [2.05, 4.69) is 29.0 Å². The predicted molar refractivity (Wildman–Crippen MR) is 108 cm³/mol. The lowest BCUT2D eigenvalue weighted by molar-refractivity contribution is 0.0137. The summed E-state index contributed by atoms with van der Waals surface area (Å²) in [4.78, 5) is 23.9. The molecule has 0 aromatic heterocycles. The Kier molecular flexibility index (Phi) is 6.18. The number of guanidine groups is 1. The number of nitrogens with zero attached hydrogens (tertiary/aromatic N) is 4. The van der Waals surface area contributed by atoms with E-state index in [1.54, 1.807) is 0 Å². The summed E-state index contributed by atoms with van der Waals surface area (Å²) in [6.07, 6.45) is 2.43. The number of fused-ring (bicyclic) bond motifs is 1. The number of ether oxygens (including phenoxy) is 1. The largest absolute Gasteiger partial charge is 0.444 e. The van der Waals surface area contributed by atoms with E-state index in [-0.39, 0.29) is 12.1 Å². The van der Waals surface area contributed by atoms with Gasteiger partial charge in [0.05, 0.1) is 12.6 Å². The van der Waals surface area contributed by atoms with Gasteiger partial charge in [0.2, 0.25) is 0 Å². The van der Waals surface area contributed by atoms with Crippen LogP contribution in [0.1, 0.15) is 47.5 Å². The van der Waals surface area contributed by atoms with Crippen LogP contribution < -0.4 is 5.32 Å². The standard InChI is InChI=1S/C20H37N5O2/c1-15(2)17(23-8-6-7-9-23)13-22-18-21-12-16-14-24(10-11-25(16)18)19(26)27-20(3,4)5/h15-17H,6-14H2,1-5H3,(H,21,22). The second-order valence-corrected chi connectivity index (χ2v) is 9.37. The quantitative estimate of drug-likeness (QED) is 0.809. The second-order valence-electron chi connectivity index (χ2n) is 9.37. The first-order chi connectivity index (χ1) is 12.7. The summed E-state index contributed by atoms with van der Waals surface area (Å²) in [5, 5.41) is 3.62. The molecule has 154 valence electrons. The molecule has 3 aliphatic rings. The molecule has 0 radical (unpaired) electrons. The van der Waals surface area contributed by atoms with Crippen molar-refractivity contribution in [2.75, 3.05) is 45.8 Å². The molecule has 7 heteroatoms. The first-order valence-electron chi connectivity index (χ1n) is 10.5. The Bertz CT molecular complexity index is 551. The lowest BCUT2D eigenvalue weighted by Crippen LogP contribution is -2.58. The van der Waals surface area contributed by atoms with E-state index in [0.717, 1.165) is 25.6 Å². The molecule has 0 aromatic carbocycles. The molecular weight excluding hydrogens is 342 g/mol. The number of carbonyl (C=O) groups excluding carboxylic acids is 1. The molecule has 3 heterocycles. The van der Waals surface area contributed by atoms with Crippen molar-refractivity contribution in [2.45, 2.75) is 65.1 Å². The highest BCUT2D eigenvalue weighted by molar-refractivity contribution is 5.82. The third-order valence-corrected chi connectivity index (χ3v) is 5.71. The van der Waals surface area contributed by atoms with E-state index in [0.29, 0.717) is 25.0 Å². The van der Waals surface area contributed by atoms with Gasteiger partial charge in [0, 0.05) is 32.2 Å². The smallest absolute Gasteiger partial charge is 0.410 e. The first-order valence-corrected chi connectivity index (χ1v) is 10.5. The molecule has 3 rings (SSSR count). The van der Waals surface area contributed by atoms with Crippen LogP contribution in [-0.2, 0) is 4.74 Å². The molecule has 2 saturated heterocycles. The highest BCUT2D eigenvalue weighted by atomic mass is 16.6. The number of rotatable bonds is 4. The van der Waals surface area contributed by atoms with Crippen LogP contribution in [0.5, 0.6) is 0 Å². The number of nitrogens with one attached hydrogen (secondary N) is 1. The summed E-state index contributed by atoms with van der Waals surface area (Å²) in [6.45, 7) is 16.7. The van der Waals surface area contributed by atoms with Crippen molar-refractivity contribution in [3.8, 4) is 0 Å². The molecule has 0 aliphatic carbocycles. The van der Waals surface area contributed by atoms with Gasteiger partial charge in [-0.3, -0.25) is 9.89 Å². The predicted octanol–water partition coefficient (Wildman–Crippen LogP) is 1.99. The van der Waals surface area contributed by atoms with Crippen LogP contribution in [0, 0.1) is 5.92 Å². The Hall–Kier alpha value is -1.50. The number of aliphatic imine (C=N–C) groups is 1. The van der Waals surface area contributed by atoms with E-state index < -0.39 is 5.60 Å². The fourth-order valence-corrected chi connectivity index (χ4v) is 4.28. The minimum atomic E-state index is -0.450. The Morgan fingerprint density at radius 3 is 2.56 bits per heavy atom. The van der Waals surface area contributed by atoms with E-state index in [1.165, 1.54) is 25.9 Å². The van der Waals surface area contributed by atoms with E-state index in [9.17, 15) is 4.79 Å². The monoisotopic (exact) mass is 379 g/mol. The lowest BCUT2D eigenvalue weighted by atomic mass is 10.0. The molecule has 0 saturated carbocycles. The van der Waals surface area contributed by atoms with Gasteiger partial charge in [-0.2, -0.15) is 0 Å². The fourth-order valence-electron chi connectivity index (χ4n) is 4.28. The molecule has 1 N–H and O–H groups in total. The zero-order valence-corrected chi connectivity index (χ0v) is 17.7. The topological polar surface area (TPSA) is 60.4 Å². The number of amides is 1. The van der Waals surface area contributed by atoms with Crippen molar-refractivity contribution < 1.29 is 9.53 Å². The van der Waals surface area contributed by atoms with Gasteiger partial charge in [-0.1, -0.05) is 13.8 Å². The summed E-state index contributed by atoms with van der Waals surface area (Å²) >= 11 is 0. The highest BCUT2D eigenvalue weighted by Gasteiger charge is 2.37. The average Bonchev–Trinajstić information content (AvgIpc) is 3.23. The fraction of sp³-hybridized carbons (Fsp3) is 0.900. The molecule has 1 amide bonds. The van der Waals surface area contributed by atoms with Crippen LogP contribution in [0.4, 0.5) is 4.79 Å². The molecule has 2 fully saturated rings. The maximum atomic E-state index is 12.3. The number of carbonyl (C=O) groups is 1. The average molecular weight is 380 g/mol. The molecule has 3 aliphatic heterocycles. The highest BCUT2D eigenvalue weighted by Crippen LogP contribution is 2.20. The van der Waals surface area contributed by atoms with Crippen LogP contribution >= 0.6 is 0 Å². The Labute approximate surface area is 164 Å². The SMILES string of the molecule is CC(C)C(CNC1=NCC2CN(C(=O)OC(C)(C)C)CCN12)N1CCCC1. The number of hydrogen-bond acceptors (Lipinski definition) is 6. The summed E-state index contributed by atoms with van der Waals surface area (Å²) in [7, 11) is 0. The van der Waals surface area contributed by atoms with Crippen LogP contribution in [-0.4, -0.2) is 90.3 Å². The zero-order chi connectivity index (χ0) is 19.6. The molecule has 2 unspecified atom stereocenters. The van der Waals surface area contributed by atoms with Crippen LogP contribution in [0.15, 0.2) is 4.99 Å². The van der Waals surface area contributed by atoms with Gasteiger partial charge in [0.15, 0.2) is 5.96 Å². The van der Waals surface area contributed by atoms with Gasteiger partial charge >= 0.3 is 6.09 Å². The molecule has 0 spiro atoms. The third kappa shape index (κ3) is 5.06. The van der Waals surface area contributed by atoms with Gasteiger partial charge in [0.1, 0.15) is 5.60 Å². The Morgan fingerprint density at radius 1 is 1.22 bits per heavy atom. The summed E-state index contributed by atoms with van der Waals surface area (Å²) < 4.78 is 5.52. The molecule has 0 aromatic rings. The maximum absolute atomic E-state index is 12.3. The van der Waals surface area contributed by atoms with Crippen molar-refractivity contribution in [3.63, 3.8) is 0 Å². The van der Waals surface area contributed by atoms with Crippen LogP contribution in [0.3, 0.4) is 0 Å². The van der Waals surface area contributed by atoms with Crippen molar-refractivity contribution in [2.24, 2.45) is 10.9 Å². The number of likely N-dealkylation sites (tertiary alicyclic amines) is 1. The van der Waals surface area contributed by atoms with Crippen molar-refractivity contribution in [1.82, 2.24) is 20.0 Å². The van der Waals surface area contributed by atoms with Crippen molar-refractivity contribution in [3.05, 3.63) is 0 Å². The molecular formula is C20H37N5O2. The summed E-state index contributed by atoms with van der Waals surface area (Å²) in [5.41, 5.74) is -0.450. The zero-order valence-electron chi connectivity index (χ0n) is 17.7. The van der Waals surface area contributed by atoms with E-state index in [4.69, 9.17) is 9.73 Å². The van der Waals surface area contributed by atoms with Crippen LogP contribution in [0.25, 0.3) is 0 Å². The Morgan fingerprint density at radius 2 is 1.93 bits per heavy atom. The van der Waals surface area contributed by atoms with Gasteiger partial charge in [-0.25, -0.2) is 4.79 Å². The van der Waals surface area contributed by atoms with Crippen molar-refractivity contribution >= 4 is 12.1 Å². The number of piperazine rings is 1. The molecule has 7 nitrogen and oxygen atoms in total. The minimum Gasteiger partial charge on any atom is -0.444 e. The van der Waals surface area contributed by atoms with E-state index >= 15 is 0 Å². The van der Waals surface area contributed by atoms with Gasteiger partial charge in [-0.05, 0) is 52.6 Å². The summed E-state index contributed by atoms with van der Waals surface area (Å²) in [5.74, 6) is 1.63. The third-order valence-electron chi connectivity index (χ3n) is 5.71. The van der Waals surface area contributed by atoms with Gasteiger partial charge in [0.25, 0.3) is 0 Å². The normalized spacial score (nSPS) is 24.8.